The highest BCUT2D eigenvalue weighted by Crippen LogP contribution is 2.23. The number of carbonyl (C=O) groups is 1. The summed E-state index contributed by atoms with van der Waals surface area (Å²) in [5.41, 5.74) is 1.84. The summed E-state index contributed by atoms with van der Waals surface area (Å²) in [5.74, 6) is 0.0678. The zero-order valence-corrected chi connectivity index (χ0v) is 18.0. The third-order valence-electron chi connectivity index (χ3n) is 6.34. The number of nitrogens with zero attached hydrogens (tertiary/aromatic N) is 4. The average Bonchev–Trinajstić information content (AvgIpc) is 2.83. The molecule has 0 unspecified atom stereocenters. The number of para-hydroxylation sites is 1. The molecule has 2 saturated heterocycles. The van der Waals surface area contributed by atoms with E-state index in [0.717, 1.165) is 70.8 Å². The van der Waals surface area contributed by atoms with Crippen molar-refractivity contribution >= 4 is 17.3 Å². The quantitative estimate of drug-likeness (QED) is 0.692. The van der Waals surface area contributed by atoms with E-state index in [1.165, 1.54) is 6.07 Å². The summed E-state index contributed by atoms with van der Waals surface area (Å²) in [7, 11) is 0. The summed E-state index contributed by atoms with van der Waals surface area (Å²) in [5, 5.41) is 3.14. The zero-order chi connectivity index (χ0) is 21.5. The van der Waals surface area contributed by atoms with E-state index in [0.29, 0.717) is 12.2 Å². The van der Waals surface area contributed by atoms with Crippen LogP contribution in [0.5, 0.6) is 0 Å². The molecule has 2 fully saturated rings. The predicted octanol–water partition coefficient (Wildman–Crippen LogP) is 2.77. The van der Waals surface area contributed by atoms with Crippen LogP contribution in [0.25, 0.3) is 0 Å². The van der Waals surface area contributed by atoms with Crippen LogP contribution in [0.4, 0.5) is 15.8 Å². The van der Waals surface area contributed by atoms with Gasteiger partial charge in [-0.05, 0) is 50.1 Å². The first kappa shape index (κ1) is 21.6. The number of anilines is 2. The maximum atomic E-state index is 14.0. The summed E-state index contributed by atoms with van der Waals surface area (Å²) in [6.07, 6.45) is 6.52. The molecule has 31 heavy (non-hydrogen) atoms. The Morgan fingerprint density at radius 2 is 1.81 bits per heavy atom. The molecule has 0 saturated carbocycles. The molecule has 7 heteroatoms. The first-order valence-corrected chi connectivity index (χ1v) is 11.4. The lowest BCUT2D eigenvalue weighted by molar-refractivity contribution is -0.125. The van der Waals surface area contributed by atoms with Gasteiger partial charge in [0, 0.05) is 63.9 Å². The highest BCUT2D eigenvalue weighted by molar-refractivity contribution is 5.79. The smallest absolute Gasteiger partial charge is 0.224 e. The van der Waals surface area contributed by atoms with Gasteiger partial charge in [0.2, 0.25) is 5.91 Å². The first-order chi connectivity index (χ1) is 15.2. The third kappa shape index (κ3) is 5.73. The Labute approximate surface area is 184 Å². The maximum absolute atomic E-state index is 14.0. The molecule has 0 aliphatic carbocycles. The minimum absolute atomic E-state index is 0.0474. The lowest BCUT2D eigenvalue weighted by atomic mass is 9.96. The number of nitrogens with one attached hydrogen (secondary N) is 1. The summed E-state index contributed by atoms with van der Waals surface area (Å²) < 4.78 is 14.0. The molecule has 2 aromatic rings. The van der Waals surface area contributed by atoms with E-state index in [2.05, 4.69) is 25.0 Å². The number of benzene rings is 1. The van der Waals surface area contributed by atoms with Crippen molar-refractivity contribution in [1.29, 1.82) is 0 Å². The molecular weight excluding hydrogens is 393 g/mol. The van der Waals surface area contributed by atoms with Gasteiger partial charge >= 0.3 is 0 Å². The second-order valence-electron chi connectivity index (χ2n) is 8.42. The van der Waals surface area contributed by atoms with Crippen LogP contribution < -0.4 is 15.1 Å². The van der Waals surface area contributed by atoms with Crippen LogP contribution in [-0.2, 0) is 4.79 Å². The minimum Gasteiger partial charge on any atom is -0.371 e. The van der Waals surface area contributed by atoms with Crippen LogP contribution in [0.2, 0.25) is 0 Å². The molecule has 2 aliphatic rings. The van der Waals surface area contributed by atoms with E-state index in [1.807, 2.05) is 24.3 Å². The normalized spacial score (nSPS) is 20.0. The van der Waals surface area contributed by atoms with Crippen molar-refractivity contribution in [1.82, 2.24) is 15.2 Å². The van der Waals surface area contributed by atoms with Crippen molar-refractivity contribution in [2.24, 2.45) is 5.92 Å². The van der Waals surface area contributed by atoms with Gasteiger partial charge in [0.05, 0.1) is 11.6 Å². The van der Waals surface area contributed by atoms with Gasteiger partial charge in [-0.3, -0.25) is 14.7 Å². The van der Waals surface area contributed by atoms with E-state index >= 15 is 0 Å². The van der Waals surface area contributed by atoms with Crippen molar-refractivity contribution in [2.75, 3.05) is 62.2 Å². The van der Waals surface area contributed by atoms with Crippen LogP contribution in [0, 0.1) is 11.7 Å². The average molecular weight is 426 g/mol. The van der Waals surface area contributed by atoms with E-state index in [1.54, 1.807) is 18.5 Å². The van der Waals surface area contributed by atoms with Crippen LogP contribution in [-0.4, -0.2) is 68.1 Å². The molecule has 2 aliphatic heterocycles. The largest absolute Gasteiger partial charge is 0.371 e. The number of hydrogen-bond donors (Lipinski definition) is 1. The molecule has 6 nitrogen and oxygen atoms in total. The monoisotopic (exact) mass is 425 g/mol. The molecule has 166 valence electrons. The minimum atomic E-state index is -0.149. The van der Waals surface area contributed by atoms with Crippen molar-refractivity contribution in [2.45, 2.75) is 19.3 Å². The molecule has 1 amide bonds. The van der Waals surface area contributed by atoms with Gasteiger partial charge in [0.15, 0.2) is 0 Å². The van der Waals surface area contributed by atoms with Gasteiger partial charge in [-0.25, -0.2) is 4.39 Å². The standard InChI is InChI=1S/C24H32FN5O/c25-22-6-1-2-7-23(22)29-17-15-28(16-18-29)13-4-10-27-24(31)20-5-3-14-30(19-20)21-8-11-26-12-9-21/h1-2,6-9,11-12,20H,3-5,10,13-19H2,(H,27,31)/t20-/m0/s1. The second-order valence-corrected chi connectivity index (χ2v) is 8.42. The van der Waals surface area contributed by atoms with Crippen LogP contribution in [0.15, 0.2) is 48.8 Å². The van der Waals surface area contributed by atoms with Crippen molar-refractivity contribution in [3.8, 4) is 0 Å². The van der Waals surface area contributed by atoms with Gasteiger partial charge in [-0.2, -0.15) is 0 Å². The summed E-state index contributed by atoms with van der Waals surface area (Å²) in [4.78, 5) is 23.5. The van der Waals surface area contributed by atoms with Crippen molar-refractivity contribution in [3.63, 3.8) is 0 Å². The number of carbonyl (C=O) groups excluding carboxylic acids is 1. The fraction of sp³-hybridized carbons (Fsp3) is 0.500. The highest BCUT2D eigenvalue weighted by Gasteiger charge is 2.26. The Bertz CT molecular complexity index is 841. The Balaban J connectivity index is 1.14. The number of aromatic nitrogens is 1. The number of hydrogen-bond acceptors (Lipinski definition) is 5. The van der Waals surface area contributed by atoms with Gasteiger partial charge in [0.1, 0.15) is 5.82 Å². The maximum Gasteiger partial charge on any atom is 0.224 e. The third-order valence-corrected chi connectivity index (χ3v) is 6.34. The van der Waals surface area contributed by atoms with Gasteiger partial charge in [0.25, 0.3) is 0 Å². The lowest BCUT2D eigenvalue weighted by Crippen LogP contribution is -2.47. The van der Waals surface area contributed by atoms with Gasteiger partial charge in [-0.1, -0.05) is 12.1 Å². The van der Waals surface area contributed by atoms with Crippen molar-refractivity contribution < 1.29 is 9.18 Å². The number of halogens is 1. The number of amides is 1. The van der Waals surface area contributed by atoms with E-state index in [9.17, 15) is 9.18 Å². The molecule has 0 spiro atoms. The van der Waals surface area contributed by atoms with Crippen LogP contribution >= 0.6 is 0 Å². The molecular formula is C24H32FN5O. The second kappa shape index (κ2) is 10.6. The van der Waals surface area contributed by atoms with Crippen molar-refractivity contribution in [3.05, 3.63) is 54.6 Å². The Hall–Kier alpha value is -2.67. The summed E-state index contributed by atoms with van der Waals surface area (Å²) in [6.45, 7) is 6.94. The molecule has 1 aromatic heterocycles. The molecule has 4 rings (SSSR count). The van der Waals surface area contributed by atoms with Gasteiger partial charge in [-0.15, -0.1) is 0 Å². The summed E-state index contributed by atoms with van der Waals surface area (Å²) in [6, 6.07) is 11.0. The Kier molecular flexibility index (Phi) is 7.35. The van der Waals surface area contributed by atoms with Gasteiger partial charge < -0.3 is 15.1 Å². The fourth-order valence-corrected chi connectivity index (χ4v) is 4.56. The Morgan fingerprint density at radius 1 is 1.03 bits per heavy atom. The molecule has 3 heterocycles. The first-order valence-electron chi connectivity index (χ1n) is 11.4. The van der Waals surface area contributed by atoms with E-state index < -0.39 is 0 Å². The lowest BCUT2D eigenvalue weighted by Gasteiger charge is -2.36. The summed E-state index contributed by atoms with van der Waals surface area (Å²) >= 11 is 0. The predicted molar refractivity (Wildman–Crippen MR) is 122 cm³/mol. The molecule has 1 aromatic carbocycles. The zero-order valence-electron chi connectivity index (χ0n) is 18.0. The highest BCUT2D eigenvalue weighted by atomic mass is 19.1. The number of piperidine rings is 1. The van der Waals surface area contributed by atoms with Crippen LogP contribution in [0.1, 0.15) is 19.3 Å². The SMILES string of the molecule is O=C(NCCCN1CCN(c2ccccc2F)CC1)[C@H]1CCCN(c2ccncc2)C1. The Morgan fingerprint density at radius 3 is 2.58 bits per heavy atom. The number of piperazine rings is 1. The van der Waals surface area contributed by atoms with E-state index in [-0.39, 0.29) is 17.6 Å². The van der Waals surface area contributed by atoms with Crippen LogP contribution in [0.3, 0.4) is 0 Å². The topological polar surface area (TPSA) is 51.7 Å². The molecule has 0 radical (unpaired) electrons. The van der Waals surface area contributed by atoms with E-state index in [4.69, 9.17) is 0 Å². The fourth-order valence-electron chi connectivity index (χ4n) is 4.56. The number of pyridine rings is 1. The number of rotatable bonds is 7. The molecule has 1 N–H and O–H groups in total. The molecule has 0 bridgehead atoms. The molecule has 1 atom stereocenters.